The zero-order chi connectivity index (χ0) is 18.2. The molecule has 25 heavy (non-hydrogen) atoms. The zero-order valence-corrected chi connectivity index (χ0v) is 14.2. The van der Waals surface area contributed by atoms with Crippen LogP contribution in [0.25, 0.3) is 0 Å². The fraction of sp³-hybridized carbons (Fsp3) is 0.263. The second-order valence-electron chi connectivity index (χ2n) is 5.34. The molecule has 6 nitrogen and oxygen atoms in total. The molecule has 0 radical (unpaired) electrons. The Balaban J connectivity index is 2.04. The Hall–Kier alpha value is -3.20. The van der Waals surface area contributed by atoms with Crippen LogP contribution in [-0.4, -0.2) is 24.7 Å². The highest BCUT2D eigenvalue weighted by Crippen LogP contribution is 2.27. The molecular weight excluding hydrogens is 320 g/mol. The summed E-state index contributed by atoms with van der Waals surface area (Å²) in [4.78, 5) is 12.3. The van der Waals surface area contributed by atoms with E-state index in [0.29, 0.717) is 23.8 Å². The molecule has 2 N–H and O–H groups in total. The van der Waals surface area contributed by atoms with Crippen LogP contribution in [0.3, 0.4) is 0 Å². The van der Waals surface area contributed by atoms with Gasteiger partial charge in [-0.3, -0.25) is 4.79 Å². The van der Waals surface area contributed by atoms with Crippen LogP contribution in [0.15, 0.2) is 42.5 Å². The lowest BCUT2D eigenvalue weighted by molar-refractivity contribution is -0.118. The van der Waals surface area contributed by atoms with Crippen LogP contribution in [0.2, 0.25) is 0 Å². The lowest BCUT2D eigenvalue weighted by Gasteiger charge is -2.12. The summed E-state index contributed by atoms with van der Waals surface area (Å²) < 4.78 is 10.4. The van der Waals surface area contributed by atoms with Crippen molar-refractivity contribution in [3.63, 3.8) is 0 Å². The molecule has 0 saturated carbocycles. The van der Waals surface area contributed by atoms with E-state index in [1.807, 2.05) is 13.0 Å². The molecule has 130 valence electrons. The average molecular weight is 340 g/mol. The molecule has 1 atom stereocenters. The molecule has 0 unspecified atom stereocenters. The van der Waals surface area contributed by atoms with Crippen molar-refractivity contribution in [2.75, 3.05) is 19.0 Å². The van der Waals surface area contributed by atoms with E-state index in [1.165, 1.54) is 13.2 Å². The van der Waals surface area contributed by atoms with Crippen LogP contribution in [0, 0.1) is 17.2 Å². The Kier molecular flexibility index (Phi) is 6.24. The highest BCUT2D eigenvalue weighted by atomic mass is 16.5. The molecule has 0 bridgehead atoms. The van der Waals surface area contributed by atoms with Gasteiger partial charge < -0.3 is 19.9 Å². The molecule has 0 aromatic heterocycles. The van der Waals surface area contributed by atoms with Gasteiger partial charge in [-0.25, -0.2) is 0 Å². The second kappa shape index (κ2) is 8.60. The van der Waals surface area contributed by atoms with E-state index >= 15 is 0 Å². The molecule has 2 aromatic rings. The number of nitrogens with zero attached hydrogens (tertiary/aromatic N) is 1. The molecule has 0 aliphatic carbocycles. The van der Waals surface area contributed by atoms with Gasteiger partial charge in [0.15, 0.2) is 11.5 Å². The lowest BCUT2D eigenvalue weighted by atomic mass is 9.99. The molecule has 1 amide bonds. The normalized spacial score (nSPS) is 11.2. The lowest BCUT2D eigenvalue weighted by Crippen LogP contribution is -2.23. The summed E-state index contributed by atoms with van der Waals surface area (Å²) in [5.41, 5.74) is 1.32. The van der Waals surface area contributed by atoms with Crippen molar-refractivity contribution >= 4 is 11.6 Å². The molecule has 0 fully saturated rings. The summed E-state index contributed by atoms with van der Waals surface area (Å²) >= 11 is 0. The van der Waals surface area contributed by atoms with Crippen LogP contribution in [0.1, 0.15) is 12.5 Å². The van der Waals surface area contributed by atoms with Gasteiger partial charge in [0.05, 0.1) is 19.8 Å². The van der Waals surface area contributed by atoms with E-state index < -0.39 is 11.8 Å². The highest BCUT2D eigenvalue weighted by Gasteiger charge is 2.19. The van der Waals surface area contributed by atoms with Gasteiger partial charge in [0.25, 0.3) is 0 Å². The fourth-order valence-corrected chi connectivity index (χ4v) is 2.31. The van der Waals surface area contributed by atoms with Crippen molar-refractivity contribution in [3.8, 4) is 23.3 Å². The monoisotopic (exact) mass is 340 g/mol. The quantitative estimate of drug-likeness (QED) is 0.808. The van der Waals surface area contributed by atoms with E-state index in [4.69, 9.17) is 9.47 Å². The number of phenolic OH excluding ortho intramolecular Hbond substituents is 1. The number of carbonyl (C=O) groups is 1. The molecule has 0 saturated heterocycles. The van der Waals surface area contributed by atoms with Gasteiger partial charge in [-0.1, -0.05) is 6.07 Å². The SMILES string of the molecule is CCOc1ccc(NC(=O)[C@@H](C#N)Cc2ccc(O)c(OC)c2)cc1. The number of rotatable bonds is 7. The minimum absolute atomic E-state index is 0.0126. The Morgan fingerprint density at radius 1 is 1.28 bits per heavy atom. The topological polar surface area (TPSA) is 91.6 Å². The number of anilines is 1. The maximum Gasteiger partial charge on any atom is 0.242 e. The third-order valence-corrected chi connectivity index (χ3v) is 3.59. The first-order valence-electron chi connectivity index (χ1n) is 7.86. The van der Waals surface area contributed by atoms with E-state index in [2.05, 4.69) is 5.32 Å². The Morgan fingerprint density at radius 2 is 2.00 bits per heavy atom. The minimum atomic E-state index is -0.860. The van der Waals surface area contributed by atoms with Crippen molar-refractivity contribution in [2.45, 2.75) is 13.3 Å². The minimum Gasteiger partial charge on any atom is -0.504 e. The van der Waals surface area contributed by atoms with Crippen LogP contribution in [0.5, 0.6) is 17.2 Å². The molecule has 0 spiro atoms. The van der Waals surface area contributed by atoms with Gasteiger partial charge >= 0.3 is 0 Å². The van der Waals surface area contributed by atoms with E-state index in [9.17, 15) is 15.2 Å². The number of phenols is 1. The number of aromatic hydroxyl groups is 1. The number of benzene rings is 2. The number of nitrogens with one attached hydrogen (secondary N) is 1. The van der Waals surface area contributed by atoms with Crippen LogP contribution < -0.4 is 14.8 Å². The van der Waals surface area contributed by atoms with E-state index in [-0.39, 0.29) is 12.2 Å². The van der Waals surface area contributed by atoms with Crippen molar-refractivity contribution in [1.82, 2.24) is 0 Å². The molecule has 6 heteroatoms. The number of hydrogen-bond donors (Lipinski definition) is 2. The smallest absolute Gasteiger partial charge is 0.242 e. The summed E-state index contributed by atoms with van der Waals surface area (Å²) in [6, 6.07) is 13.7. The molecule has 2 rings (SSSR count). The maximum absolute atomic E-state index is 12.3. The standard InChI is InChI=1S/C19H20N2O4/c1-3-25-16-7-5-15(6-8-16)21-19(23)14(12-20)10-13-4-9-17(22)18(11-13)24-2/h4-9,11,14,22H,3,10H2,1-2H3,(H,21,23)/t14-/m1/s1. The Bertz CT molecular complexity index is 766. The number of amides is 1. The third kappa shape index (κ3) is 4.88. The van der Waals surface area contributed by atoms with Gasteiger partial charge in [-0.05, 0) is 55.3 Å². The Labute approximate surface area is 146 Å². The van der Waals surface area contributed by atoms with Crippen LogP contribution in [0.4, 0.5) is 5.69 Å². The third-order valence-electron chi connectivity index (χ3n) is 3.59. The van der Waals surface area contributed by atoms with Crippen molar-refractivity contribution in [1.29, 1.82) is 5.26 Å². The first kappa shape index (κ1) is 18.1. The summed E-state index contributed by atoms with van der Waals surface area (Å²) in [6.07, 6.45) is 0.218. The van der Waals surface area contributed by atoms with Gasteiger partial charge in [0.1, 0.15) is 11.7 Å². The maximum atomic E-state index is 12.3. The molecule has 0 heterocycles. The molecule has 0 aliphatic rings. The summed E-state index contributed by atoms with van der Waals surface area (Å²) in [5.74, 6) is -0.215. The molecule has 2 aromatic carbocycles. The summed E-state index contributed by atoms with van der Waals surface area (Å²) in [7, 11) is 1.44. The Morgan fingerprint density at radius 3 is 2.60 bits per heavy atom. The largest absolute Gasteiger partial charge is 0.504 e. The predicted octanol–water partition coefficient (Wildman–Crippen LogP) is 3.12. The fourth-order valence-electron chi connectivity index (χ4n) is 2.31. The molecular formula is C19H20N2O4. The predicted molar refractivity (Wildman–Crippen MR) is 93.7 cm³/mol. The number of nitriles is 1. The van der Waals surface area contributed by atoms with Crippen molar-refractivity contribution < 1.29 is 19.4 Å². The van der Waals surface area contributed by atoms with Crippen LogP contribution >= 0.6 is 0 Å². The average Bonchev–Trinajstić information content (AvgIpc) is 2.62. The highest BCUT2D eigenvalue weighted by molar-refractivity contribution is 5.94. The van der Waals surface area contributed by atoms with E-state index in [0.717, 1.165) is 5.56 Å². The summed E-state index contributed by atoms with van der Waals surface area (Å²) in [6.45, 7) is 2.46. The molecule has 0 aliphatic heterocycles. The van der Waals surface area contributed by atoms with E-state index in [1.54, 1.807) is 36.4 Å². The van der Waals surface area contributed by atoms with Gasteiger partial charge in [-0.2, -0.15) is 5.26 Å². The number of methoxy groups -OCH3 is 1. The number of ether oxygens (including phenoxy) is 2. The second-order valence-corrected chi connectivity index (χ2v) is 5.34. The number of carbonyl (C=O) groups excluding carboxylic acids is 1. The summed E-state index contributed by atoms with van der Waals surface area (Å²) in [5, 5.41) is 21.7. The van der Waals surface area contributed by atoms with Gasteiger partial charge in [-0.15, -0.1) is 0 Å². The zero-order valence-electron chi connectivity index (χ0n) is 14.2. The first-order chi connectivity index (χ1) is 12.1. The van der Waals surface area contributed by atoms with Gasteiger partial charge in [0, 0.05) is 5.69 Å². The number of hydrogen-bond acceptors (Lipinski definition) is 5. The van der Waals surface area contributed by atoms with Gasteiger partial charge in [0.2, 0.25) is 5.91 Å². The first-order valence-corrected chi connectivity index (χ1v) is 7.86. The van der Waals surface area contributed by atoms with Crippen molar-refractivity contribution in [2.24, 2.45) is 5.92 Å². The van der Waals surface area contributed by atoms with Crippen LogP contribution in [-0.2, 0) is 11.2 Å². The van der Waals surface area contributed by atoms with Crippen molar-refractivity contribution in [3.05, 3.63) is 48.0 Å².